The highest BCUT2D eigenvalue weighted by atomic mass is 16.1. The van der Waals surface area contributed by atoms with Gasteiger partial charge in [0.1, 0.15) is 0 Å². The van der Waals surface area contributed by atoms with Gasteiger partial charge in [0.05, 0.1) is 16.5 Å². The summed E-state index contributed by atoms with van der Waals surface area (Å²) in [4.78, 5) is 16.5. The van der Waals surface area contributed by atoms with Gasteiger partial charge in [-0.15, -0.1) is 0 Å². The van der Waals surface area contributed by atoms with E-state index in [9.17, 15) is 4.79 Å². The molecule has 0 unspecified atom stereocenters. The molecular weight excluding hydrogens is 198 g/mol. The Morgan fingerprint density at radius 3 is 1.94 bits per heavy atom. The fourth-order valence-electron chi connectivity index (χ4n) is 2.63. The summed E-state index contributed by atoms with van der Waals surface area (Å²) in [6, 6.07) is 9.80. The molecule has 0 radical (unpaired) electrons. The van der Waals surface area contributed by atoms with Crippen LogP contribution in [0.15, 0.2) is 35.3 Å². The van der Waals surface area contributed by atoms with Crippen LogP contribution in [0.2, 0.25) is 0 Å². The smallest absolute Gasteiger partial charge is 0.155 e. The minimum absolute atomic E-state index is 0.273. The molecule has 84 valence electrons. The van der Waals surface area contributed by atoms with E-state index in [2.05, 4.69) is 4.99 Å². The molecule has 0 spiro atoms. The second-order valence-electron chi connectivity index (χ2n) is 5.38. The summed E-state index contributed by atoms with van der Waals surface area (Å²) in [5, 5.41) is 0. The van der Waals surface area contributed by atoms with E-state index in [0.29, 0.717) is 0 Å². The van der Waals surface area contributed by atoms with E-state index in [1.807, 2.05) is 58.0 Å². The number of nitrogens with zero attached hydrogens (tertiary/aromatic N) is 1. The lowest BCUT2D eigenvalue weighted by Crippen LogP contribution is -2.61. The maximum absolute atomic E-state index is 11.9. The van der Waals surface area contributed by atoms with Crippen LogP contribution >= 0.6 is 0 Å². The van der Waals surface area contributed by atoms with Crippen molar-refractivity contribution in [2.45, 2.75) is 27.7 Å². The summed E-state index contributed by atoms with van der Waals surface area (Å²) in [5.74, 6) is 0.273. The average Bonchev–Trinajstić information content (AvgIpc) is 2.26. The lowest BCUT2D eigenvalue weighted by molar-refractivity contribution is -0.134. The second kappa shape index (κ2) is 3.27. The molecule has 2 nitrogen and oxygen atoms in total. The fourth-order valence-corrected chi connectivity index (χ4v) is 2.63. The lowest BCUT2D eigenvalue weighted by atomic mass is 9.53. The number of aliphatic imine (C=N–C) groups is 1. The molecule has 1 fully saturated rings. The molecular formula is C14H17NO. The Balaban J connectivity index is 2.42. The minimum atomic E-state index is -0.403. The number of benzene rings is 1. The first kappa shape index (κ1) is 11.1. The third-order valence-electron chi connectivity index (χ3n) is 3.32. The standard InChI is InChI=1S/C14H17NO/c1-13(2)11(14(3,4)12(13)16)15-10-8-6-5-7-9-10/h5-9H,1-4H3. The number of rotatable bonds is 1. The average molecular weight is 215 g/mol. The van der Waals surface area contributed by atoms with Crippen LogP contribution in [0.3, 0.4) is 0 Å². The fraction of sp³-hybridized carbons (Fsp3) is 0.429. The van der Waals surface area contributed by atoms with Crippen molar-refractivity contribution < 1.29 is 4.79 Å². The van der Waals surface area contributed by atoms with Gasteiger partial charge >= 0.3 is 0 Å². The lowest BCUT2D eigenvalue weighted by Gasteiger charge is -2.48. The van der Waals surface area contributed by atoms with E-state index in [4.69, 9.17) is 0 Å². The predicted octanol–water partition coefficient (Wildman–Crippen LogP) is 3.39. The van der Waals surface area contributed by atoms with Crippen LogP contribution < -0.4 is 0 Å². The number of ketones is 1. The second-order valence-corrected chi connectivity index (χ2v) is 5.38. The Kier molecular flexibility index (Phi) is 2.26. The summed E-state index contributed by atoms with van der Waals surface area (Å²) < 4.78 is 0. The van der Waals surface area contributed by atoms with Crippen molar-refractivity contribution in [3.05, 3.63) is 30.3 Å². The van der Waals surface area contributed by atoms with E-state index >= 15 is 0 Å². The van der Waals surface area contributed by atoms with Gasteiger partial charge in [0, 0.05) is 5.71 Å². The van der Waals surface area contributed by atoms with E-state index in [0.717, 1.165) is 11.4 Å². The topological polar surface area (TPSA) is 29.4 Å². The molecule has 2 rings (SSSR count). The van der Waals surface area contributed by atoms with Gasteiger partial charge in [-0.05, 0) is 39.8 Å². The molecule has 0 aromatic heterocycles. The summed E-state index contributed by atoms with van der Waals surface area (Å²) in [7, 11) is 0. The summed E-state index contributed by atoms with van der Waals surface area (Å²) >= 11 is 0. The van der Waals surface area contributed by atoms with Gasteiger partial charge in [0.2, 0.25) is 0 Å². The van der Waals surface area contributed by atoms with Gasteiger partial charge in [0.15, 0.2) is 5.78 Å². The number of carbonyl (C=O) groups excluding carboxylic acids is 1. The molecule has 16 heavy (non-hydrogen) atoms. The molecule has 0 aliphatic heterocycles. The van der Waals surface area contributed by atoms with E-state index in [-0.39, 0.29) is 5.78 Å². The number of carbonyl (C=O) groups is 1. The van der Waals surface area contributed by atoms with Crippen LogP contribution in [-0.2, 0) is 4.79 Å². The quantitative estimate of drug-likeness (QED) is 0.706. The maximum atomic E-state index is 11.9. The number of hydrogen-bond donors (Lipinski definition) is 0. The number of para-hydroxylation sites is 1. The Bertz CT molecular complexity index is 435. The zero-order chi connectivity index (χ0) is 12.0. The Morgan fingerprint density at radius 2 is 1.44 bits per heavy atom. The van der Waals surface area contributed by atoms with Gasteiger partial charge in [-0.1, -0.05) is 18.2 Å². The first-order chi connectivity index (χ1) is 7.37. The highest BCUT2D eigenvalue weighted by Gasteiger charge is 2.58. The molecule has 0 saturated heterocycles. The first-order valence-electron chi connectivity index (χ1n) is 5.56. The van der Waals surface area contributed by atoms with Crippen LogP contribution in [0.25, 0.3) is 0 Å². The predicted molar refractivity (Wildman–Crippen MR) is 66.1 cm³/mol. The van der Waals surface area contributed by atoms with E-state index < -0.39 is 10.8 Å². The number of hydrogen-bond acceptors (Lipinski definition) is 2. The molecule has 1 aliphatic rings. The maximum Gasteiger partial charge on any atom is 0.155 e. The van der Waals surface area contributed by atoms with Crippen LogP contribution in [0.1, 0.15) is 27.7 Å². The van der Waals surface area contributed by atoms with Crippen LogP contribution in [-0.4, -0.2) is 11.5 Å². The Hall–Kier alpha value is -1.44. The molecule has 0 atom stereocenters. The zero-order valence-corrected chi connectivity index (χ0v) is 10.2. The SMILES string of the molecule is CC1(C)C(=O)C(C)(C)C1=Nc1ccccc1. The first-order valence-corrected chi connectivity index (χ1v) is 5.56. The number of Topliss-reactive ketones (excluding diaryl/α,β-unsaturated/α-hetero) is 1. The van der Waals surface area contributed by atoms with Gasteiger partial charge in [-0.3, -0.25) is 9.79 Å². The van der Waals surface area contributed by atoms with Crippen molar-refractivity contribution in [2.24, 2.45) is 15.8 Å². The van der Waals surface area contributed by atoms with Gasteiger partial charge in [0.25, 0.3) is 0 Å². The van der Waals surface area contributed by atoms with Crippen molar-refractivity contribution in [1.29, 1.82) is 0 Å². The molecule has 1 aromatic carbocycles. The molecule has 0 heterocycles. The molecule has 1 saturated carbocycles. The van der Waals surface area contributed by atoms with Gasteiger partial charge in [-0.2, -0.15) is 0 Å². The van der Waals surface area contributed by atoms with Gasteiger partial charge in [-0.25, -0.2) is 0 Å². The Morgan fingerprint density at radius 1 is 0.938 bits per heavy atom. The molecule has 2 heteroatoms. The van der Waals surface area contributed by atoms with Gasteiger partial charge < -0.3 is 0 Å². The van der Waals surface area contributed by atoms with E-state index in [1.165, 1.54) is 0 Å². The van der Waals surface area contributed by atoms with Crippen LogP contribution in [0.5, 0.6) is 0 Å². The summed E-state index contributed by atoms with van der Waals surface area (Å²) in [6.45, 7) is 7.79. The zero-order valence-electron chi connectivity index (χ0n) is 10.2. The third-order valence-corrected chi connectivity index (χ3v) is 3.32. The largest absolute Gasteiger partial charge is 0.298 e. The van der Waals surface area contributed by atoms with Crippen molar-refractivity contribution in [3.63, 3.8) is 0 Å². The van der Waals surface area contributed by atoms with Crippen molar-refractivity contribution in [3.8, 4) is 0 Å². The normalized spacial score (nSPS) is 21.5. The van der Waals surface area contributed by atoms with Crippen molar-refractivity contribution in [2.75, 3.05) is 0 Å². The van der Waals surface area contributed by atoms with Crippen LogP contribution in [0, 0.1) is 10.8 Å². The Labute approximate surface area is 96.4 Å². The monoisotopic (exact) mass is 215 g/mol. The van der Waals surface area contributed by atoms with Crippen molar-refractivity contribution >= 4 is 17.2 Å². The molecule has 0 N–H and O–H groups in total. The third kappa shape index (κ3) is 1.41. The molecule has 0 amide bonds. The summed E-state index contributed by atoms with van der Waals surface area (Å²) in [6.07, 6.45) is 0. The molecule has 1 aliphatic carbocycles. The van der Waals surface area contributed by atoms with E-state index in [1.54, 1.807) is 0 Å². The molecule has 1 aromatic rings. The van der Waals surface area contributed by atoms with Crippen LogP contribution in [0.4, 0.5) is 5.69 Å². The minimum Gasteiger partial charge on any atom is -0.298 e. The van der Waals surface area contributed by atoms with Crippen molar-refractivity contribution in [1.82, 2.24) is 0 Å². The summed E-state index contributed by atoms with van der Waals surface area (Å²) in [5.41, 5.74) is 1.10. The highest BCUT2D eigenvalue weighted by molar-refractivity contribution is 6.32. The highest BCUT2D eigenvalue weighted by Crippen LogP contribution is 2.48. The molecule has 0 bridgehead atoms.